The number of allylic oxidation sites excluding steroid dienone is 2. The molecule has 2 rings (SSSR count). The monoisotopic (exact) mass is 356 g/mol. The third-order valence-corrected chi connectivity index (χ3v) is 4.43. The van der Waals surface area contributed by atoms with Gasteiger partial charge in [-0.1, -0.05) is 26.8 Å². The number of hydrogen-bond acceptors (Lipinski definition) is 5. The average Bonchev–Trinajstić information content (AvgIpc) is 2.54. The van der Waals surface area contributed by atoms with Gasteiger partial charge in [0, 0.05) is 5.56 Å². The highest BCUT2D eigenvalue weighted by molar-refractivity contribution is 5.92. The lowest BCUT2D eigenvalue weighted by Crippen LogP contribution is -2.49. The number of pyridine rings is 1. The molecule has 0 radical (unpaired) electrons. The van der Waals surface area contributed by atoms with Gasteiger partial charge in [0.2, 0.25) is 0 Å². The highest BCUT2D eigenvalue weighted by Crippen LogP contribution is 2.24. The average molecular weight is 356 g/mol. The molecule has 0 aliphatic heterocycles. The van der Waals surface area contributed by atoms with E-state index in [2.05, 4.69) is 23.6 Å². The molecule has 2 N–H and O–H groups in total. The van der Waals surface area contributed by atoms with Gasteiger partial charge in [0.25, 0.3) is 16.4 Å². The van der Waals surface area contributed by atoms with Crippen LogP contribution < -0.4 is 27.2 Å². The zero-order valence-corrected chi connectivity index (χ0v) is 15.5. The highest BCUT2D eigenvalue weighted by atomic mass is 16.2. The van der Waals surface area contributed by atoms with Crippen LogP contribution in [0.2, 0.25) is 0 Å². The minimum Gasteiger partial charge on any atom is -0.318 e. The van der Waals surface area contributed by atoms with Gasteiger partial charge in [0.15, 0.2) is 0 Å². The van der Waals surface area contributed by atoms with E-state index in [0.717, 1.165) is 6.42 Å². The van der Waals surface area contributed by atoms with Crippen LogP contribution in [0.15, 0.2) is 25.3 Å². The summed E-state index contributed by atoms with van der Waals surface area (Å²) in [6.45, 7) is 9.57. The summed E-state index contributed by atoms with van der Waals surface area (Å²) in [5.74, 6) is 0.677. The van der Waals surface area contributed by atoms with Gasteiger partial charge >= 0.3 is 10.8 Å². The summed E-state index contributed by atoms with van der Waals surface area (Å²) in [4.78, 5) is 54.5. The van der Waals surface area contributed by atoms with Gasteiger partial charge in [-0.25, -0.2) is 0 Å². The van der Waals surface area contributed by atoms with E-state index in [1.54, 1.807) is 13.8 Å². The molecule has 1 aromatic carbocycles. The lowest BCUT2D eigenvalue weighted by molar-refractivity contribution is -0.173. The van der Waals surface area contributed by atoms with Gasteiger partial charge in [-0.3, -0.25) is 19.2 Å². The maximum absolute atomic E-state index is 12.7. The van der Waals surface area contributed by atoms with Crippen molar-refractivity contribution >= 4 is 16.5 Å². The number of rotatable bonds is 4. The quantitative estimate of drug-likeness (QED) is 0.482. The van der Waals surface area contributed by atoms with E-state index in [0.29, 0.717) is 17.1 Å². The SMILES string of the molecule is CC(=CC(C)CC(C)C)c1c(C)c(=O)[nH]c2c(=O)c(=O)c(=[N+]=N)c(=O)c12. The molecule has 7 nitrogen and oxygen atoms in total. The van der Waals surface area contributed by atoms with E-state index >= 15 is 0 Å². The molecule has 0 saturated carbocycles. The fourth-order valence-corrected chi connectivity index (χ4v) is 3.45. The van der Waals surface area contributed by atoms with Crippen molar-refractivity contribution in [3.63, 3.8) is 0 Å². The van der Waals surface area contributed by atoms with Crippen molar-refractivity contribution in [2.45, 2.75) is 41.0 Å². The minimum absolute atomic E-state index is 0.0526. The molecule has 136 valence electrons. The standard InChI is InChI=1S/C19H21N3O4/c1-8(2)6-9(3)7-10(4)12-11(5)19(26)21-14-13(12)16(23)15(22-20)18(25)17(14)24/h7-9,20H,6H2,1-5H3/p+1. The molecule has 0 bridgehead atoms. The van der Waals surface area contributed by atoms with E-state index in [4.69, 9.17) is 5.53 Å². The minimum atomic E-state index is -1.17. The number of nitrogens with zero attached hydrogens (tertiary/aromatic N) is 1. The van der Waals surface area contributed by atoms with Crippen molar-refractivity contribution in [3.8, 4) is 0 Å². The Labute approximate surface area is 149 Å². The van der Waals surface area contributed by atoms with Gasteiger partial charge < -0.3 is 4.98 Å². The number of hydrogen-bond donors (Lipinski definition) is 2. The van der Waals surface area contributed by atoms with Gasteiger partial charge in [0.1, 0.15) is 5.52 Å². The topological polar surface area (TPSA) is 122 Å². The maximum atomic E-state index is 12.7. The zero-order chi connectivity index (χ0) is 19.8. The first kappa shape index (κ1) is 19.4. The molecule has 1 atom stereocenters. The smallest absolute Gasteiger partial charge is 0.318 e. The van der Waals surface area contributed by atoms with Crippen LogP contribution in [0.3, 0.4) is 0 Å². The highest BCUT2D eigenvalue weighted by Gasteiger charge is 2.23. The Kier molecular flexibility index (Phi) is 5.33. The maximum Gasteiger partial charge on any atom is 0.462 e. The number of H-pyrrole nitrogens is 1. The van der Waals surface area contributed by atoms with Crippen molar-refractivity contribution in [1.29, 1.82) is 5.53 Å². The molecule has 2 aromatic rings. The van der Waals surface area contributed by atoms with Crippen LogP contribution in [0.25, 0.3) is 16.5 Å². The molecule has 0 spiro atoms. The molecule has 1 heterocycles. The van der Waals surface area contributed by atoms with E-state index in [1.165, 1.54) is 0 Å². The Bertz CT molecular complexity index is 1210. The molecule has 1 unspecified atom stereocenters. The number of aromatic nitrogens is 1. The number of benzene rings is 1. The Hall–Kier alpha value is -2.92. The molecule has 0 fully saturated rings. The molecule has 0 saturated heterocycles. The van der Waals surface area contributed by atoms with Crippen molar-refractivity contribution in [2.75, 3.05) is 0 Å². The second kappa shape index (κ2) is 7.14. The van der Waals surface area contributed by atoms with E-state index in [9.17, 15) is 19.2 Å². The van der Waals surface area contributed by atoms with E-state index in [1.807, 2.05) is 13.0 Å². The van der Waals surface area contributed by atoms with Crippen LogP contribution in [-0.2, 0) is 0 Å². The van der Waals surface area contributed by atoms with Crippen molar-refractivity contribution < 1.29 is 4.79 Å². The van der Waals surface area contributed by atoms with E-state index < -0.39 is 27.2 Å². The van der Waals surface area contributed by atoms with Crippen molar-refractivity contribution in [2.24, 2.45) is 11.8 Å². The van der Waals surface area contributed by atoms with Crippen LogP contribution in [-0.4, -0.2) is 9.77 Å². The second-order valence-corrected chi connectivity index (χ2v) is 7.11. The Morgan fingerprint density at radius 2 is 1.73 bits per heavy atom. The summed E-state index contributed by atoms with van der Waals surface area (Å²) >= 11 is 0. The Morgan fingerprint density at radius 3 is 2.27 bits per heavy atom. The molecule has 0 aliphatic carbocycles. The summed E-state index contributed by atoms with van der Waals surface area (Å²) in [5, 5.41) is -0.776. The normalized spacial score (nSPS) is 13.2. The third-order valence-electron chi connectivity index (χ3n) is 4.43. The van der Waals surface area contributed by atoms with Gasteiger partial charge in [-0.05, 0) is 43.2 Å². The van der Waals surface area contributed by atoms with Crippen LogP contribution in [0.4, 0.5) is 0 Å². The summed E-state index contributed by atoms with van der Waals surface area (Å²) < 4.78 is 0. The van der Waals surface area contributed by atoms with Crippen LogP contribution in [0, 0.1) is 24.3 Å². The summed E-state index contributed by atoms with van der Waals surface area (Å²) in [7, 11) is 0. The van der Waals surface area contributed by atoms with Crippen LogP contribution in [0.5, 0.6) is 0 Å². The first-order valence-electron chi connectivity index (χ1n) is 8.43. The number of fused-ring (bicyclic) bond motifs is 1. The lowest BCUT2D eigenvalue weighted by atomic mass is 9.92. The third kappa shape index (κ3) is 3.26. The predicted molar refractivity (Wildman–Crippen MR) is 98.9 cm³/mol. The molecule has 0 aliphatic rings. The largest absolute Gasteiger partial charge is 0.462 e. The van der Waals surface area contributed by atoms with Gasteiger partial charge in [-0.15, -0.1) is 0 Å². The molecular formula is C19H22N3O4+. The molecule has 26 heavy (non-hydrogen) atoms. The zero-order valence-electron chi connectivity index (χ0n) is 15.5. The van der Waals surface area contributed by atoms with Crippen molar-refractivity contribution in [3.05, 3.63) is 63.6 Å². The predicted octanol–water partition coefficient (Wildman–Crippen LogP) is 1.02. The summed E-state index contributed by atoms with van der Waals surface area (Å²) in [6.07, 6.45) is 2.88. The first-order valence-corrected chi connectivity index (χ1v) is 8.43. The molecule has 0 amide bonds. The lowest BCUT2D eigenvalue weighted by Gasteiger charge is -2.13. The Morgan fingerprint density at radius 1 is 1.12 bits per heavy atom. The fraction of sp³-hybridized carbons (Fsp3) is 0.421. The van der Waals surface area contributed by atoms with Gasteiger partial charge in [0.05, 0.1) is 15.7 Å². The molecular weight excluding hydrogens is 334 g/mol. The van der Waals surface area contributed by atoms with E-state index in [-0.39, 0.29) is 22.4 Å². The van der Waals surface area contributed by atoms with Crippen LogP contribution >= 0.6 is 0 Å². The summed E-state index contributed by atoms with van der Waals surface area (Å²) in [6, 6.07) is 0. The molecule has 1 aromatic heterocycles. The number of nitrogens with one attached hydrogen (secondary N) is 2. The van der Waals surface area contributed by atoms with Crippen molar-refractivity contribution in [1.82, 2.24) is 4.98 Å². The molecule has 7 heteroatoms. The summed E-state index contributed by atoms with van der Waals surface area (Å²) in [5.41, 5.74) is 4.53. The number of aromatic amines is 1. The van der Waals surface area contributed by atoms with Gasteiger partial charge in [-0.2, -0.15) is 0 Å². The second-order valence-electron chi connectivity index (χ2n) is 7.11. The Balaban J connectivity index is 3.04. The fourth-order valence-electron chi connectivity index (χ4n) is 3.45. The first-order chi connectivity index (χ1) is 12.1. The van der Waals surface area contributed by atoms with Crippen LogP contribution in [0.1, 0.15) is 45.2 Å².